The lowest BCUT2D eigenvalue weighted by Crippen LogP contribution is -2.43. The Morgan fingerprint density at radius 3 is 2.89 bits per heavy atom. The minimum Gasteiger partial charge on any atom is -0.389 e. The standard InChI is InChI=1S/C12H15FN2O3/c1-6-3-4-8(9(13)10(6)16)15-5-7(2)11(17)14-12(15)18/h3-6,8-10,16H,1-2H3,(H,14,17,18)/t6?,8-,9+,10-/m1/s1/i1D. The van der Waals surface area contributed by atoms with E-state index >= 15 is 0 Å². The van der Waals surface area contributed by atoms with E-state index in [1.165, 1.54) is 25.3 Å². The molecule has 1 unspecified atom stereocenters. The first-order chi connectivity index (χ1) is 8.95. The average Bonchev–Trinajstić information content (AvgIpc) is 2.37. The molecule has 1 aliphatic rings. The Balaban J connectivity index is 2.46. The normalized spacial score (nSPS) is 32.3. The SMILES string of the molecule is [2H]CC1C=C[C@@H](n2cc(C)c(=O)[nH]c2=O)[C@H](F)[C@@H]1O. The maximum absolute atomic E-state index is 14.1. The summed E-state index contributed by atoms with van der Waals surface area (Å²) in [6.45, 7) is 1.39. The van der Waals surface area contributed by atoms with Crippen molar-refractivity contribution in [3.63, 3.8) is 0 Å². The second-order valence-electron chi connectivity index (χ2n) is 4.45. The fourth-order valence-electron chi connectivity index (χ4n) is 1.97. The van der Waals surface area contributed by atoms with Crippen molar-refractivity contribution >= 4 is 0 Å². The van der Waals surface area contributed by atoms with Crippen molar-refractivity contribution in [1.29, 1.82) is 0 Å². The highest BCUT2D eigenvalue weighted by atomic mass is 19.1. The van der Waals surface area contributed by atoms with Crippen LogP contribution in [0.3, 0.4) is 0 Å². The number of alkyl halides is 1. The summed E-state index contributed by atoms with van der Waals surface area (Å²) in [5.41, 5.74) is -0.942. The maximum atomic E-state index is 14.1. The van der Waals surface area contributed by atoms with Gasteiger partial charge in [-0.15, -0.1) is 0 Å². The van der Waals surface area contributed by atoms with E-state index in [1.54, 1.807) is 0 Å². The number of H-pyrrole nitrogens is 1. The van der Waals surface area contributed by atoms with Crippen molar-refractivity contribution in [2.75, 3.05) is 0 Å². The van der Waals surface area contributed by atoms with Crippen LogP contribution in [-0.4, -0.2) is 26.9 Å². The Hall–Kier alpha value is -1.69. The Kier molecular flexibility index (Phi) is 2.87. The van der Waals surface area contributed by atoms with Crippen LogP contribution in [0.4, 0.5) is 4.39 Å². The molecule has 1 aromatic heterocycles. The third-order valence-corrected chi connectivity index (χ3v) is 3.11. The van der Waals surface area contributed by atoms with Gasteiger partial charge in [0, 0.05) is 19.0 Å². The largest absolute Gasteiger partial charge is 0.389 e. The molecule has 0 aliphatic heterocycles. The Morgan fingerprint density at radius 1 is 1.50 bits per heavy atom. The second kappa shape index (κ2) is 4.53. The molecule has 5 nitrogen and oxygen atoms in total. The number of nitrogens with one attached hydrogen (secondary N) is 1. The van der Waals surface area contributed by atoms with Gasteiger partial charge in [-0.25, -0.2) is 9.18 Å². The van der Waals surface area contributed by atoms with Gasteiger partial charge < -0.3 is 5.11 Å². The molecular weight excluding hydrogens is 239 g/mol. The van der Waals surface area contributed by atoms with Crippen molar-refractivity contribution < 1.29 is 10.9 Å². The van der Waals surface area contributed by atoms with E-state index in [0.29, 0.717) is 0 Å². The summed E-state index contributed by atoms with van der Waals surface area (Å²) in [7, 11) is 0. The highest BCUT2D eigenvalue weighted by Gasteiger charge is 2.34. The number of hydrogen-bond acceptors (Lipinski definition) is 3. The van der Waals surface area contributed by atoms with Crippen LogP contribution in [0.5, 0.6) is 0 Å². The van der Waals surface area contributed by atoms with Crippen LogP contribution in [0, 0.1) is 12.8 Å². The van der Waals surface area contributed by atoms with Crippen molar-refractivity contribution in [1.82, 2.24) is 9.55 Å². The quantitative estimate of drug-likeness (QED) is 0.708. The minimum absolute atomic E-state index is 0.121. The zero-order valence-electron chi connectivity index (χ0n) is 10.8. The van der Waals surface area contributed by atoms with E-state index in [2.05, 4.69) is 4.98 Å². The zero-order valence-corrected chi connectivity index (χ0v) is 9.84. The third kappa shape index (κ3) is 2.03. The Bertz CT molecular complexity index is 610. The van der Waals surface area contributed by atoms with Gasteiger partial charge in [0.05, 0.1) is 12.1 Å². The van der Waals surface area contributed by atoms with Crippen molar-refractivity contribution in [2.24, 2.45) is 5.92 Å². The number of nitrogens with zero attached hydrogens (tertiary/aromatic N) is 1. The van der Waals surface area contributed by atoms with Gasteiger partial charge in [-0.1, -0.05) is 19.1 Å². The lowest BCUT2D eigenvalue weighted by Gasteiger charge is -2.30. The molecule has 2 rings (SSSR count). The first kappa shape index (κ1) is 11.4. The van der Waals surface area contributed by atoms with Crippen molar-refractivity contribution in [2.45, 2.75) is 32.1 Å². The monoisotopic (exact) mass is 255 g/mol. The van der Waals surface area contributed by atoms with E-state index < -0.39 is 35.5 Å². The molecule has 2 N–H and O–H groups in total. The summed E-state index contributed by atoms with van der Waals surface area (Å²) < 4.78 is 22.4. The fraction of sp³-hybridized carbons (Fsp3) is 0.500. The number of rotatable bonds is 1. The van der Waals surface area contributed by atoms with Crippen LogP contribution in [0.15, 0.2) is 27.9 Å². The number of hydrogen-bond donors (Lipinski definition) is 2. The van der Waals surface area contributed by atoms with E-state index in [4.69, 9.17) is 1.37 Å². The molecule has 0 bridgehead atoms. The van der Waals surface area contributed by atoms with Gasteiger partial charge in [0.25, 0.3) is 5.56 Å². The smallest absolute Gasteiger partial charge is 0.328 e. The Labute approximate surface area is 104 Å². The fourth-order valence-corrected chi connectivity index (χ4v) is 1.97. The van der Waals surface area contributed by atoms with Gasteiger partial charge >= 0.3 is 5.69 Å². The highest BCUT2D eigenvalue weighted by molar-refractivity contribution is 5.11. The summed E-state index contributed by atoms with van der Waals surface area (Å²) in [5, 5.41) is 9.75. The minimum atomic E-state index is -1.69. The lowest BCUT2D eigenvalue weighted by molar-refractivity contribution is 0.0229. The number of halogens is 1. The predicted molar refractivity (Wildman–Crippen MR) is 64.3 cm³/mol. The molecule has 1 heterocycles. The summed E-state index contributed by atoms with van der Waals surface area (Å²) in [6.07, 6.45) is 1.24. The molecule has 0 saturated heterocycles. The van der Waals surface area contributed by atoms with E-state index in [1.807, 2.05) is 0 Å². The van der Waals surface area contributed by atoms with Crippen LogP contribution >= 0.6 is 0 Å². The number of aryl methyl sites for hydroxylation is 1. The van der Waals surface area contributed by atoms with Gasteiger partial charge in [-0.2, -0.15) is 0 Å². The van der Waals surface area contributed by atoms with E-state index in [0.717, 1.165) is 4.57 Å². The second-order valence-corrected chi connectivity index (χ2v) is 4.45. The lowest BCUT2D eigenvalue weighted by atomic mass is 9.89. The summed E-state index contributed by atoms with van der Waals surface area (Å²) in [4.78, 5) is 25.0. The predicted octanol–water partition coefficient (Wildman–Crippen LogP) is 0.291. The van der Waals surface area contributed by atoms with Gasteiger partial charge in [0.1, 0.15) is 0 Å². The van der Waals surface area contributed by atoms with Gasteiger partial charge in [0.15, 0.2) is 6.17 Å². The highest BCUT2D eigenvalue weighted by Crippen LogP contribution is 2.28. The summed E-state index contributed by atoms with van der Waals surface area (Å²) in [6, 6.07) is -0.971. The average molecular weight is 255 g/mol. The molecule has 98 valence electrons. The summed E-state index contributed by atoms with van der Waals surface area (Å²) >= 11 is 0. The molecule has 1 aromatic rings. The molecular formula is C12H15FN2O3. The Morgan fingerprint density at radius 2 is 2.22 bits per heavy atom. The third-order valence-electron chi connectivity index (χ3n) is 3.11. The molecule has 0 aromatic carbocycles. The molecule has 0 amide bonds. The van der Waals surface area contributed by atoms with Crippen molar-refractivity contribution in [3.05, 3.63) is 44.8 Å². The van der Waals surface area contributed by atoms with E-state index in [-0.39, 0.29) is 12.5 Å². The van der Waals surface area contributed by atoms with Crippen molar-refractivity contribution in [3.8, 4) is 0 Å². The number of allylic oxidation sites excluding steroid dienone is 1. The first-order valence-corrected chi connectivity index (χ1v) is 5.57. The zero-order chi connectivity index (χ0) is 14.2. The van der Waals surface area contributed by atoms with Gasteiger partial charge in [-0.3, -0.25) is 14.3 Å². The van der Waals surface area contributed by atoms with Crippen LogP contribution in [0.25, 0.3) is 0 Å². The molecule has 1 aliphatic carbocycles. The van der Waals surface area contributed by atoms with Crippen LogP contribution < -0.4 is 11.2 Å². The number of aliphatic hydroxyl groups is 1. The molecule has 6 heteroatoms. The van der Waals surface area contributed by atoms with Gasteiger partial charge in [0.2, 0.25) is 0 Å². The number of aromatic amines is 1. The topological polar surface area (TPSA) is 75.1 Å². The molecule has 0 saturated carbocycles. The van der Waals surface area contributed by atoms with E-state index in [9.17, 15) is 19.1 Å². The van der Waals surface area contributed by atoms with Crippen LogP contribution in [0.2, 0.25) is 0 Å². The first-order valence-electron chi connectivity index (χ1n) is 6.28. The molecule has 0 fully saturated rings. The summed E-state index contributed by atoms with van der Waals surface area (Å²) in [5.74, 6) is -0.578. The van der Waals surface area contributed by atoms with Gasteiger partial charge in [-0.05, 0) is 6.92 Å². The van der Waals surface area contributed by atoms with Crippen LogP contribution in [0.1, 0.15) is 19.9 Å². The molecule has 0 spiro atoms. The van der Waals surface area contributed by atoms with Crippen LogP contribution in [-0.2, 0) is 0 Å². The number of aromatic nitrogens is 2. The molecule has 4 atom stereocenters. The molecule has 18 heavy (non-hydrogen) atoms. The maximum Gasteiger partial charge on any atom is 0.328 e. The molecule has 0 radical (unpaired) electrons. The number of aliphatic hydroxyl groups excluding tert-OH is 1.